The highest BCUT2D eigenvalue weighted by atomic mass is 16.2. The Morgan fingerprint density at radius 1 is 1.39 bits per heavy atom. The first-order valence-corrected chi connectivity index (χ1v) is 5.80. The summed E-state index contributed by atoms with van der Waals surface area (Å²) < 4.78 is 3.42. The van der Waals surface area contributed by atoms with Gasteiger partial charge in [-0.2, -0.15) is 10.2 Å². The SMILES string of the molecule is Cc1c(NC(=O)C(C)n2nccc2C)cnn1C. The van der Waals surface area contributed by atoms with Gasteiger partial charge in [-0.3, -0.25) is 14.2 Å². The van der Waals surface area contributed by atoms with Crippen LogP contribution in [0, 0.1) is 13.8 Å². The molecule has 0 bridgehead atoms. The number of amides is 1. The molecule has 1 atom stereocenters. The molecule has 1 N–H and O–H groups in total. The molecule has 0 fully saturated rings. The largest absolute Gasteiger partial charge is 0.321 e. The van der Waals surface area contributed by atoms with Crippen LogP contribution in [0.2, 0.25) is 0 Å². The van der Waals surface area contributed by atoms with Crippen LogP contribution in [0.25, 0.3) is 0 Å². The number of hydrogen-bond donors (Lipinski definition) is 1. The smallest absolute Gasteiger partial charge is 0.249 e. The van der Waals surface area contributed by atoms with Crippen LogP contribution in [0.3, 0.4) is 0 Å². The van der Waals surface area contributed by atoms with Gasteiger partial charge in [0.1, 0.15) is 6.04 Å². The fourth-order valence-corrected chi connectivity index (χ4v) is 1.76. The number of aromatic nitrogens is 4. The monoisotopic (exact) mass is 247 g/mol. The maximum Gasteiger partial charge on any atom is 0.249 e. The number of aryl methyl sites for hydroxylation is 2. The molecule has 0 saturated carbocycles. The number of nitrogens with one attached hydrogen (secondary N) is 1. The summed E-state index contributed by atoms with van der Waals surface area (Å²) in [5, 5.41) is 11.1. The molecule has 0 spiro atoms. The van der Waals surface area contributed by atoms with Crippen LogP contribution in [-0.4, -0.2) is 25.5 Å². The zero-order valence-corrected chi connectivity index (χ0v) is 11.0. The molecule has 0 aliphatic carbocycles. The first kappa shape index (κ1) is 12.3. The van der Waals surface area contributed by atoms with E-state index in [9.17, 15) is 4.79 Å². The van der Waals surface area contributed by atoms with Crippen molar-refractivity contribution in [1.82, 2.24) is 19.6 Å². The van der Waals surface area contributed by atoms with Crippen molar-refractivity contribution in [3.63, 3.8) is 0 Å². The summed E-state index contributed by atoms with van der Waals surface area (Å²) in [6, 6.07) is 1.53. The van der Waals surface area contributed by atoms with Crippen LogP contribution in [0.1, 0.15) is 24.4 Å². The minimum Gasteiger partial charge on any atom is -0.321 e. The van der Waals surface area contributed by atoms with Crippen molar-refractivity contribution in [2.75, 3.05) is 5.32 Å². The van der Waals surface area contributed by atoms with Crippen molar-refractivity contribution in [3.8, 4) is 0 Å². The first-order valence-electron chi connectivity index (χ1n) is 5.80. The average molecular weight is 247 g/mol. The Bertz CT molecular complexity index is 569. The van der Waals surface area contributed by atoms with Gasteiger partial charge >= 0.3 is 0 Å². The number of carbonyl (C=O) groups is 1. The van der Waals surface area contributed by atoms with Crippen LogP contribution in [0.15, 0.2) is 18.5 Å². The van der Waals surface area contributed by atoms with Crippen LogP contribution >= 0.6 is 0 Å². The predicted molar refractivity (Wildman–Crippen MR) is 68.2 cm³/mol. The summed E-state index contributed by atoms with van der Waals surface area (Å²) in [6.45, 7) is 5.65. The zero-order chi connectivity index (χ0) is 13.3. The summed E-state index contributed by atoms with van der Waals surface area (Å²) >= 11 is 0. The molecule has 1 amide bonds. The molecule has 0 saturated heterocycles. The average Bonchev–Trinajstić information content (AvgIpc) is 2.89. The number of rotatable bonds is 3. The van der Waals surface area contributed by atoms with E-state index < -0.39 is 0 Å². The second-order valence-electron chi connectivity index (χ2n) is 4.35. The Morgan fingerprint density at radius 3 is 2.61 bits per heavy atom. The topological polar surface area (TPSA) is 64.7 Å². The lowest BCUT2D eigenvalue weighted by Gasteiger charge is -2.14. The first-order chi connectivity index (χ1) is 8.50. The Labute approximate surface area is 106 Å². The van der Waals surface area contributed by atoms with Gasteiger partial charge in [-0.05, 0) is 26.8 Å². The second-order valence-corrected chi connectivity index (χ2v) is 4.35. The van der Waals surface area contributed by atoms with E-state index in [-0.39, 0.29) is 11.9 Å². The molecule has 6 heteroatoms. The highest BCUT2D eigenvalue weighted by molar-refractivity contribution is 5.93. The van der Waals surface area contributed by atoms with Crippen molar-refractivity contribution in [2.45, 2.75) is 26.8 Å². The van der Waals surface area contributed by atoms with Crippen molar-refractivity contribution in [1.29, 1.82) is 0 Å². The van der Waals surface area contributed by atoms with Gasteiger partial charge < -0.3 is 5.32 Å². The molecule has 0 radical (unpaired) electrons. The number of carbonyl (C=O) groups excluding carboxylic acids is 1. The normalized spacial score (nSPS) is 12.4. The maximum atomic E-state index is 12.1. The van der Waals surface area contributed by atoms with E-state index in [4.69, 9.17) is 0 Å². The Kier molecular flexibility index (Phi) is 3.18. The molecule has 0 aliphatic heterocycles. The van der Waals surface area contributed by atoms with Gasteiger partial charge in [0.2, 0.25) is 5.91 Å². The summed E-state index contributed by atoms with van der Waals surface area (Å²) in [6.07, 6.45) is 3.34. The molecule has 2 rings (SSSR count). The fraction of sp³-hybridized carbons (Fsp3) is 0.417. The van der Waals surface area contributed by atoms with Gasteiger partial charge in [0, 0.05) is 18.9 Å². The second kappa shape index (κ2) is 4.64. The van der Waals surface area contributed by atoms with Gasteiger partial charge in [0.05, 0.1) is 17.6 Å². The van der Waals surface area contributed by atoms with Crippen molar-refractivity contribution < 1.29 is 4.79 Å². The van der Waals surface area contributed by atoms with Gasteiger partial charge in [0.25, 0.3) is 0 Å². The van der Waals surface area contributed by atoms with E-state index in [0.29, 0.717) is 0 Å². The number of anilines is 1. The lowest BCUT2D eigenvalue weighted by Crippen LogP contribution is -2.25. The lowest BCUT2D eigenvalue weighted by molar-refractivity contribution is -0.119. The van der Waals surface area contributed by atoms with E-state index in [0.717, 1.165) is 17.1 Å². The van der Waals surface area contributed by atoms with E-state index in [2.05, 4.69) is 15.5 Å². The van der Waals surface area contributed by atoms with Crippen LogP contribution < -0.4 is 5.32 Å². The summed E-state index contributed by atoms with van der Waals surface area (Å²) in [5.41, 5.74) is 2.62. The lowest BCUT2D eigenvalue weighted by atomic mass is 10.3. The molecule has 2 heterocycles. The molecule has 96 valence electrons. The Balaban J connectivity index is 2.13. The summed E-state index contributed by atoms with van der Waals surface area (Å²) in [5.74, 6) is -0.0992. The minimum atomic E-state index is -0.348. The van der Waals surface area contributed by atoms with Crippen LogP contribution in [-0.2, 0) is 11.8 Å². The minimum absolute atomic E-state index is 0.0992. The molecule has 0 aromatic carbocycles. The standard InChI is InChI=1S/C12H17N5O/c1-8-5-6-13-17(8)10(3)12(18)15-11-7-14-16(4)9(11)2/h5-7,10H,1-4H3,(H,15,18). The Morgan fingerprint density at radius 2 is 2.11 bits per heavy atom. The van der Waals surface area contributed by atoms with E-state index >= 15 is 0 Å². The summed E-state index contributed by atoms with van der Waals surface area (Å²) in [4.78, 5) is 12.1. The molecule has 2 aromatic heterocycles. The van der Waals surface area contributed by atoms with Gasteiger partial charge in [-0.15, -0.1) is 0 Å². The number of hydrogen-bond acceptors (Lipinski definition) is 3. The van der Waals surface area contributed by atoms with Crippen molar-refractivity contribution >= 4 is 11.6 Å². The Hall–Kier alpha value is -2.11. The molecule has 0 aliphatic rings. The third kappa shape index (κ3) is 2.13. The molecular formula is C12H17N5O. The van der Waals surface area contributed by atoms with E-state index in [1.807, 2.05) is 33.9 Å². The highest BCUT2D eigenvalue weighted by Crippen LogP contribution is 2.15. The van der Waals surface area contributed by atoms with E-state index in [1.54, 1.807) is 21.8 Å². The fourth-order valence-electron chi connectivity index (χ4n) is 1.76. The molecule has 2 aromatic rings. The highest BCUT2D eigenvalue weighted by Gasteiger charge is 2.18. The van der Waals surface area contributed by atoms with Crippen molar-refractivity contribution in [2.24, 2.45) is 7.05 Å². The summed E-state index contributed by atoms with van der Waals surface area (Å²) in [7, 11) is 1.84. The van der Waals surface area contributed by atoms with Gasteiger partial charge in [-0.25, -0.2) is 0 Å². The predicted octanol–water partition coefficient (Wildman–Crippen LogP) is 1.43. The van der Waals surface area contributed by atoms with Crippen LogP contribution in [0.5, 0.6) is 0 Å². The molecule has 6 nitrogen and oxygen atoms in total. The van der Waals surface area contributed by atoms with Crippen molar-refractivity contribution in [3.05, 3.63) is 29.8 Å². The van der Waals surface area contributed by atoms with Gasteiger partial charge in [0.15, 0.2) is 0 Å². The third-order valence-electron chi connectivity index (χ3n) is 3.11. The number of nitrogens with zero attached hydrogens (tertiary/aromatic N) is 4. The van der Waals surface area contributed by atoms with Crippen LogP contribution in [0.4, 0.5) is 5.69 Å². The zero-order valence-electron chi connectivity index (χ0n) is 11.0. The quantitative estimate of drug-likeness (QED) is 0.892. The molecule has 18 heavy (non-hydrogen) atoms. The molecule has 1 unspecified atom stereocenters. The maximum absolute atomic E-state index is 12.1. The molecular weight excluding hydrogens is 230 g/mol. The van der Waals surface area contributed by atoms with E-state index in [1.165, 1.54) is 0 Å². The van der Waals surface area contributed by atoms with Gasteiger partial charge in [-0.1, -0.05) is 0 Å². The third-order valence-corrected chi connectivity index (χ3v) is 3.11.